The number of carbonyl (C=O) groups excluding carboxylic acids is 11. The number of carbonyl (C=O) groups is 11. The molecule has 3 aromatic carbocycles. The van der Waals surface area contributed by atoms with Crippen molar-refractivity contribution in [1.29, 1.82) is 0 Å². The monoisotopic (exact) mass is 1210 g/mol. The summed E-state index contributed by atoms with van der Waals surface area (Å²) in [4.78, 5) is 158. The van der Waals surface area contributed by atoms with Crippen LogP contribution in [-0.4, -0.2) is 172 Å². The quantitative estimate of drug-likeness (QED) is 0.0138. The smallest absolute Gasteiger partial charge is 0.245 e. The summed E-state index contributed by atoms with van der Waals surface area (Å²) in [5, 5.41) is 45.0. The average Bonchev–Trinajstić information content (AvgIpc) is 3.53. The van der Waals surface area contributed by atoms with E-state index in [2.05, 4.69) is 57.8 Å². The molecule has 28 heteroatoms. The third-order valence-corrected chi connectivity index (χ3v) is 14.7. The molecule has 28 nitrogen and oxygen atoms in total. The number of nitrogens with zero attached hydrogens (tertiary/aromatic N) is 2. The first kappa shape index (κ1) is 66.5. The number of hydrogen-bond acceptors (Lipinski definition) is 14. The number of hydrogen-bond donors (Lipinski definition) is 15. The van der Waals surface area contributed by atoms with E-state index in [1.165, 1.54) is 36.1 Å². The standard InChI is InChI=1S/C59H79N15O13/c1-32(2)25-42(53(82)68-41(15-9-23-63-59(61)62)58(87)74-24-10-16-47(74)57(86)65-30-48(60)77)69-50(79)33(3)66-52(81)43(27-35-17-19-37(76)20-18-35)71-56(85)46(31-75)73-55(84)45(28-36-29-64-39-14-8-7-13-38(36)39)72-54(83)44(26-34-11-5-4-6-12-34)70-51(80)40-21-22-49(78)67-40/h4-8,11-14,17-20,29,32-33,40-47,64,75-76H,9-10,15-16,21-28,30-31H2,1-3H3,(H2,60,77)(H,65,86)(H,66,81)(H,67,78)(H,68,82)(H,69,79)(H,70,80)(H,71,85)(H,72,83)(H,73,84)(H4,61,62,63)/t33-,40+,41+,42+,43+,44-,45+,46+,47+/m1/s1. The molecular weight excluding hydrogens is 1130 g/mol. The van der Waals surface area contributed by atoms with Gasteiger partial charge in [0.25, 0.3) is 0 Å². The van der Waals surface area contributed by atoms with Gasteiger partial charge in [-0.3, -0.25) is 57.7 Å². The van der Waals surface area contributed by atoms with Gasteiger partial charge >= 0.3 is 0 Å². The summed E-state index contributed by atoms with van der Waals surface area (Å²) in [6, 6.07) is 9.87. The van der Waals surface area contributed by atoms with Gasteiger partial charge in [-0.1, -0.05) is 74.5 Å². The summed E-state index contributed by atoms with van der Waals surface area (Å²) in [6.45, 7) is 3.70. The van der Waals surface area contributed by atoms with Crippen molar-refractivity contribution in [3.05, 3.63) is 102 Å². The number of aliphatic hydroxyl groups excluding tert-OH is 1. The normalized spacial score (nSPS) is 17.0. The van der Waals surface area contributed by atoms with Gasteiger partial charge in [0.1, 0.15) is 60.1 Å². The molecule has 4 aromatic rings. The number of primary amides is 1. The van der Waals surface area contributed by atoms with Crippen LogP contribution >= 0.6 is 0 Å². The van der Waals surface area contributed by atoms with Gasteiger partial charge in [-0.15, -0.1) is 0 Å². The Kier molecular flexibility index (Phi) is 24.5. The fourth-order valence-corrected chi connectivity index (χ4v) is 10.2. The highest BCUT2D eigenvalue weighted by Crippen LogP contribution is 2.22. The van der Waals surface area contributed by atoms with E-state index >= 15 is 0 Å². The largest absolute Gasteiger partial charge is 0.508 e. The lowest BCUT2D eigenvalue weighted by Crippen LogP contribution is -2.61. The fourth-order valence-electron chi connectivity index (χ4n) is 10.2. The lowest BCUT2D eigenvalue weighted by Gasteiger charge is -2.30. The Labute approximate surface area is 502 Å². The first-order valence-corrected chi connectivity index (χ1v) is 28.8. The van der Waals surface area contributed by atoms with Crippen molar-refractivity contribution in [1.82, 2.24) is 57.7 Å². The molecule has 3 heterocycles. The summed E-state index contributed by atoms with van der Waals surface area (Å²) in [7, 11) is 0. The van der Waals surface area contributed by atoms with Crippen molar-refractivity contribution in [2.45, 2.75) is 139 Å². The summed E-state index contributed by atoms with van der Waals surface area (Å²) in [5.41, 5.74) is 18.6. The number of H-pyrrole nitrogens is 1. The highest BCUT2D eigenvalue weighted by Gasteiger charge is 2.40. The number of aromatic nitrogens is 1. The number of fused-ring (bicyclic) bond motifs is 1. The van der Waals surface area contributed by atoms with E-state index in [0.717, 1.165) is 5.52 Å². The fraction of sp³-hybridized carbons (Fsp3) is 0.458. The topological polar surface area (TPSA) is 446 Å². The Balaban J connectivity index is 1.18. The Morgan fingerprint density at radius 1 is 0.655 bits per heavy atom. The maximum absolute atomic E-state index is 14.5. The summed E-state index contributed by atoms with van der Waals surface area (Å²) in [5.74, 6) is -8.75. The van der Waals surface area contributed by atoms with Gasteiger partial charge in [0, 0.05) is 55.9 Å². The molecule has 2 aliphatic heterocycles. The van der Waals surface area contributed by atoms with Crippen molar-refractivity contribution >= 4 is 81.8 Å². The molecule has 0 aliphatic carbocycles. The Hall–Kier alpha value is -9.60. The molecule has 2 aliphatic rings. The zero-order chi connectivity index (χ0) is 63.3. The molecule has 0 unspecified atom stereocenters. The lowest BCUT2D eigenvalue weighted by atomic mass is 10.0. The van der Waals surface area contributed by atoms with E-state index in [9.17, 15) is 63.0 Å². The van der Waals surface area contributed by atoms with Gasteiger partial charge in [0.2, 0.25) is 65.0 Å². The van der Waals surface area contributed by atoms with Crippen LogP contribution in [0.1, 0.15) is 82.4 Å². The molecule has 11 amide bonds. The number of aliphatic hydroxyl groups is 1. The highest BCUT2D eigenvalue weighted by atomic mass is 16.3. The summed E-state index contributed by atoms with van der Waals surface area (Å²) >= 11 is 0. The van der Waals surface area contributed by atoms with Gasteiger partial charge < -0.3 is 85.1 Å². The molecule has 468 valence electrons. The number of phenolic OH excluding ortho intramolecular Hbond substituents is 1. The molecular formula is C59H79N15O13. The van der Waals surface area contributed by atoms with E-state index < -0.39 is 127 Å². The number of nitrogens with two attached hydrogens (primary N) is 3. The molecule has 9 atom stereocenters. The summed E-state index contributed by atoms with van der Waals surface area (Å²) in [6.07, 6.45) is 2.56. The van der Waals surface area contributed by atoms with Gasteiger partial charge in [-0.05, 0) is 86.3 Å². The predicted molar refractivity (Wildman–Crippen MR) is 318 cm³/mol. The van der Waals surface area contributed by atoms with Crippen LogP contribution < -0.4 is 65.1 Å². The van der Waals surface area contributed by atoms with Crippen LogP contribution in [0.15, 0.2) is 90.1 Å². The van der Waals surface area contributed by atoms with E-state index in [-0.39, 0.29) is 94.4 Å². The number of aromatic amines is 1. The Bertz CT molecular complexity index is 3130. The second-order valence-corrected chi connectivity index (χ2v) is 22.0. The van der Waals surface area contributed by atoms with Crippen LogP contribution in [-0.2, 0) is 72.0 Å². The number of likely N-dealkylation sites (tertiary alicyclic amines) is 1. The van der Waals surface area contributed by atoms with E-state index in [0.29, 0.717) is 28.5 Å². The maximum atomic E-state index is 14.5. The summed E-state index contributed by atoms with van der Waals surface area (Å²) < 4.78 is 0. The van der Waals surface area contributed by atoms with E-state index in [1.54, 1.807) is 68.6 Å². The van der Waals surface area contributed by atoms with E-state index in [1.807, 2.05) is 6.07 Å². The lowest BCUT2D eigenvalue weighted by molar-refractivity contribution is -0.142. The zero-order valence-electron chi connectivity index (χ0n) is 48.8. The molecule has 0 bridgehead atoms. The Morgan fingerprint density at radius 3 is 1.86 bits per heavy atom. The van der Waals surface area contributed by atoms with Crippen LogP contribution in [0, 0.1) is 5.92 Å². The minimum atomic E-state index is -1.76. The molecule has 18 N–H and O–H groups in total. The molecule has 0 saturated carbocycles. The van der Waals surface area contributed by atoms with Crippen molar-refractivity contribution < 1.29 is 63.0 Å². The predicted octanol–water partition coefficient (Wildman–Crippen LogP) is -2.72. The molecule has 2 fully saturated rings. The maximum Gasteiger partial charge on any atom is 0.245 e. The van der Waals surface area contributed by atoms with Gasteiger partial charge in [0.05, 0.1) is 13.2 Å². The van der Waals surface area contributed by atoms with Gasteiger partial charge in [-0.2, -0.15) is 0 Å². The van der Waals surface area contributed by atoms with Crippen LogP contribution in [0.3, 0.4) is 0 Å². The first-order valence-electron chi connectivity index (χ1n) is 28.8. The van der Waals surface area contributed by atoms with E-state index in [4.69, 9.17) is 17.2 Å². The minimum absolute atomic E-state index is 0.0139. The number of phenols is 1. The number of aromatic hydroxyl groups is 1. The SMILES string of the molecule is CC(C)C[C@H](NC(=O)[C@@H](C)NC(=O)[C@H](Cc1ccc(O)cc1)NC(=O)[C@H](CO)NC(=O)[C@H](Cc1c[nH]c2ccccc12)NC(=O)[C@@H](Cc1ccccc1)NC(=O)[C@@H]1CCC(=O)N1)C(=O)N[C@@H](CCCN=C(N)N)C(=O)N1CCC[C@H]1C(=O)NCC(N)=O. The number of rotatable bonds is 31. The van der Waals surface area contributed by atoms with Crippen LogP contribution in [0.25, 0.3) is 10.9 Å². The van der Waals surface area contributed by atoms with Gasteiger partial charge in [0.15, 0.2) is 5.96 Å². The minimum Gasteiger partial charge on any atom is -0.508 e. The van der Waals surface area contributed by atoms with Gasteiger partial charge in [-0.25, -0.2) is 0 Å². The average molecular weight is 1210 g/mol. The second-order valence-electron chi connectivity index (χ2n) is 22.0. The van der Waals surface area contributed by atoms with Crippen molar-refractivity contribution in [2.75, 3.05) is 26.2 Å². The number of aliphatic imine (C=N–C) groups is 1. The van der Waals surface area contributed by atoms with Crippen molar-refractivity contribution in [3.8, 4) is 5.75 Å². The molecule has 6 rings (SSSR count). The Morgan fingerprint density at radius 2 is 1.23 bits per heavy atom. The molecule has 2 saturated heterocycles. The van der Waals surface area contributed by atoms with Crippen LogP contribution in [0.5, 0.6) is 5.75 Å². The van der Waals surface area contributed by atoms with Crippen molar-refractivity contribution in [2.24, 2.45) is 28.1 Å². The van der Waals surface area contributed by atoms with Crippen LogP contribution in [0.2, 0.25) is 0 Å². The number of amides is 11. The molecule has 0 spiro atoms. The highest BCUT2D eigenvalue weighted by molar-refractivity contribution is 5.99. The second kappa shape index (κ2) is 32.1. The number of benzene rings is 3. The molecule has 87 heavy (non-hydrogen) atoms. The third kappa shape index (κ3) is 20.0. The zero-order valence-corrected chi connectivity index (χ0v) is 48.8. The number of nitrogens with one attached hydrogen (secondary N) is 10. The molecule has 0 radical (unpaired) electrons. The number of guanidine groups is 1. The first-order chi connectivity index (χ1) is 41.5. The van der Waals surface area contributed by atoms with Crippen LogP contribution in [0.4, 0.5) is 0 Å². The molecule has 1 aromatic heterocycles. The van der Waals surface area contributed by atoms with Crippen molar-refractivity contribution in [3.63, 3.8) is 0 Å². The third-order valence-electron chi connectivity index (χ3n) is 14.7. The number of para-hydroxylation sites is 1.